The summed E-state index contributed by atoms with van der Waals surface area (Å²) in [5.74, 6) is -0.924. The molecule has 3 heterocycles. The number of rotatable bonds is 5. The van der Waals surface area contributed by atoms with Crippen LogP contribution < -0.4 is 0 Å². The number of aromatic nitrogens is 2. The number of likely N-dealkylation sites (tertiary alicyclic amines) is 1. The maximum Gasteiger partial charge on any atom is 0.329 e. The number of hydrogen-bond donors (Lipinski definition) is 2. The van der Waals surface area contributed by atoms with Gasteiger partial charge in [0.05, 0.1) is 5.60 Å². The molecule has 0 aliphatic carbocycles. The molecule has 0 atom stereocenters. The molecule has 3 rings (SSSR count). The van der Waals surface area contributed by atoms with Gasteiger partial charge in [0.1, 0.15) is 12.3 Å². The molecule has 1 aliphatic rings. The molecule has 0 spiro atoms. The van der Waals surface area contributed by atoms with Gasteiger partial charge < -0.3 is 14.8 Å². The highest BCUT2D eigenvalue weighted by atomic mass is 16.5. The maximum atomic E-state index is 10.5. The van der Waals surface area contributed by atoms with Crippen molar-refractivity contribution in [1.29, 1.82) is 0 Å². The zero-order chi connectivity index (χ0) is 14.2. The first-order valence-corrected chi connectivity index (χ1v) is 6.55. The molecular weight excluding hydrogens is 258 g/mol. The molecule has 6 heteroatoms. The second-order valence-corrected chi connectivity index (χ2v) is 5.49. The fourth-order valence-electron chi connectivity index (χ4n) is 2.72. The average Bonchev–Trinajstić information content (AvgIpc) is 2.78. The summed E-state index contributed by atoms with van der Waals surface area (Å²) in [5, 5.41) is 9.77. The van der Waals surface area contributed by atoms with Crippen molar-refractivity contribution in [2.75, 3.05) is 19.7 Å². The summed E-state index contributed by atoms with van der Waals surface area (Å²) in [6, 6.07) is 3.98. The highest BCUT2D eigenvalue weighted by molar-refractivity contribution is 5.79. The Kier molecular flexibility index (Phi) is 3.19. The first-order chi connectivity index (χ1) is 9.56. The van der Waals surface area contributed by atoms with Crippen molar-refractivity contribution >= 4 is 17.0 Å². The molecule has 0 amide bonds. The van der Waals surface area contributed by atoms with E-state index in [0.717, 1.165) is 30.7 Å². The Morgan fingerprint density at radius 3 is 3.15 bits per heavy atom. The van der Waals surface area contributed by atoms with E-state index in [9.17, 15) is 4.79 Å². The van der Waals surface area contributed by atoms with Gasteiger partial charge in [-0.15, -0.1) is 0 Å². The minimum absolute atomic E-state index is 0.235. The van der Waals surface area contributed by atoms with Crippen molar-refractivity contribution in [2.45, 2.75) is 19.1 Å². The van der Waals surface area contributed by atoms with E-state index >= 15 is 0 Å². The lowest BCUT2D eigenvalue weighted by Crippen LogP contribution is -2.61. The molecule has 2 N–H and O–H groups in total. The molecule has 2 aromatic rings. The molecule has 2 aromatic heterocycles. The van der Waals surface area contributed by atoms with Gasteiger partial charge in [-0.2, -0.15) is 0 Å². The first-order valence-electron chi connectivity index (χ1n) is 6.55. The summed E-state index contributed by atoms with van der Waals surface area (Å²) in [5.41, 5.74) is 1.75. The fourth-order valence-corrected chi connectivity index (χ4v) is 2.72. The van der Waals surface area contributed by atoms with Crippen molar-refractivity contribution in [1.82, 2.24) is 14.9 Å². The molecule has 0 radical (unpaired) electrons. The molecule has 20 heavy (non-hydrogen) atoms. The zero-order valence-corrected chi connectivity index (χ0v) is 11.3. The number of pyridine rings is 1. The van der Waals surface area contributed by atoms with E-state index in [-0.39, 0.29) is 12.2 Å². The minimum atomic E-state index is -0.924. The van der Waals surface area contributed by atoms with Gasteiger partial charge in [0.15, 0.2) is 0 Å². The molecular formula is C14H17N3O3. The van der Waals surface area contributed by atoms with Gasteiger partial charge in [0.25, 0.3) is 0 Å². The van der Waals surface area contributed by atoms with Gasteiger partial charge in [0.2, 0.25) is 0 Å². The lowest BCUT2D eigenvalue weighted by molar-refractivity contribution is -0.165. The monoisotopic (exact) mass is 275 g/mol. The SMILES string of the molecule is CC1(OCC(=O)O)CN(Cc2c[nH]c3ncccc23)C1. The van der Waals surface area contributed by atoms with Crippen LogP contribution in [0.25, 0.3) is 11.0 Å². The van der Waals surface area contributed by atoms with Crippen LogP contribution in [-0.2, 0) is 16.1 Å². The van der Waals surface area contributed by atoms with Crippen LogP contribution in [0.2, 0.25) is 0 Å². The van der Waals surface area contributed by atoms with E-state index < -0.39 is 5.97 Å². The van der Waals surface area contributed by atoms with Gasteiger partial charge >= 0.3 is 5.97 Å². The Hall–Kier alpha value is -1.92. The summed E-state index contributed by atoms with van der Waals surface area (Å²) in [4.78, 5) is 20.2. The molecule has 106 valence electrons. The van der Waals surface area contributed by atoms with E-state index in [1.54, 1.807) is 6.20 Å². The maximum absolute atomic E-state index is 10.5. The summed E-state index contributed by atoms with van der Waals surface area (Å²) in [6.45, 7) is 4.02. The third-order valence-electron chi connectivity index (χ3n) is 3.59. The lowest BCUT2D eigenvalue weighted by atomic mass is 9.95. The predicted molar refractivity (Wildman–Crippen MR) is 73.4 cm³/mol. The molecule has 0 unspecified atom stereocenters. The third kappa shape index (κ3) is 2.52. The van der Waals surface area contributed by atoms with E-state index in [1.807, 2.05) is 25.3 Å². The predicted octanol–water partition coefficient (Wildman–Crippen LogP) is 1.24. The highest BCUT2D eigenvalue weighted by Gasteiger charge is 2.40. The second-order valence-electron chi connectivity index (χ2n) is 5.49. The Labute approximate surface area is 116 Å². The second kappa shape index (κ2) is 4.88. The fraction of sp³-hybridized carbons (Fsp3) is 0.429. The van der Waals surface area contributed by atoms with Gasteiger partial charge in [-0.25, -0.2) is 9.78 Å². The van der Waals surface area contributed by atoms with Crippen molar-refractivity contribution in [3.05, 3.63) is 30.1 Å². The van der Waals surface area contributed by atoms with E-state index in [0.29, 0.717) is 0 Å². The zero-order valence-electron chi connectivity index (χ0n) is 11.3. The van der Waals surface area contributed by atoms with Crippen molar-refractivity contribution in [2.24, 2.45) is 0 Å². The number of aliphatic carboxylic acids is 1. The number of carbonyl (C=O) groups is 1. The van der Waals surface area contributed by atoms with E-state index in [2.05, 4.69) is 14.9 Å². The number of aromatic amines is 1. The Morgan fingerprint density at radius 2 is 2.40 bits per heavy atom. The summed E-state index contributed by atoms with van der Waals surface area (Å²) >= 11 is 0. The number of ether oxygens (including phenoxy) is 1. The van der Waals surface area contributed by atoms with Gasteiger partial charge in [-0.05, 0) is 24.6 Å². The summed E-state index contributed by atoms with van der Waals surface area (Å²) in [6.07, 6.45) is 3.74. The van der Waals surface area contributed by atoms with Crippen LogP contribution in [0.15, 0.2) is 24.5 Å². The Morgan fingerprint density at radius 1 is 1.60 bits per heavy atom. The number of carboxylic acids is 1. The molecule has 0 bridgehead atoms. The minimum Gasteiger partial charge on any atom is -0.480 e. The topological polar surface area (TPSA) is 78.5 Å². The van der Waals surface area contributed by atoms with Crippen LogP contribution in [0.1, 0.15) is 12.5 Å². The third-order valence-corrected chi connectivity index (χ3v) is 3.59. The van der Waals surface area contributed by atoms with Crippen LogP contribution in [0.5, 0.6) is 0 Å². The lowest BCUT2D eigenvalue weighted by Gasteiger charge is -2.47. The molecule has 1 saturated heterocycles. The van der Waals surface area contributed by atoms with E-state index in [1.165, 1.54) is 5.56 Å². The van der Waals surface area contributed by atoms with Crippen molar-refractivity contribution in [3.63, 3.8) is 0 Å². The van der Waals surface area contributed by atoms with Gasteiger partial charge in [-0.1, -0.05) is 0 Å². The van der Waals surface area contributed by atoms with Crippen LogP contribution >= 0.6 is 0 Å². The van der Waals surface area contributed by atoms with E-state index in [4.69, 9.17) is 9.84 Å². The standard InChI is InChI=1S/C14H17N3O3/c1-14(20-7-12(18)19)8-17(9-14)6-10-5-16-13-11(10)3-2-4-15-13/h2-5H,6-9H2,1H3,(H,15,16)(H,18,19). The summed E-state index contributed by atoms with van der Waals surface area (Å²) in [7, 11) is 0. The largest absolute Gasteiger partial charge is 0.480 e. The number of H-pyrrole nitrogens is 1. The van der Waals surface area contributed by atoms with Gasteiger partial charge in [0, 0.05) is 37.4 Å². The van der Waals surface area contributed by atoms with Gasteiger partial charge in [-0.3, -0.25) is 4.90 Å². The number of nitrogens with zero attached hydrogens (tertiary/aromatic N) is 2. The number of nitrogens with one attached hydrogen (secondary N) is 1. The molecule has 0 aromatic carbocycles. The van der Waals surface area contributed by atoms with Crippen LogP contribution in [0.3, 0.4) is 0 Å². The smallest absolute Gasteiger partial charge is 0.329 e. The molecule has 6 nitrogen and oxygen atoms in total. The van der Waals surface area contributed by atoms with Crippen LogP contribution in [0.4, 0.5) is 0 Å². The molecule has 1 aliphatic heterocycles. The quantitative estimate of drug-likeness (QED) is 0.858. The normalized spacial score (nSPS) is 18.1. The van der Waals surface area contributed by atoms with Crippen LogP contribution in [-0.4, -0.2) is 51.2 Å². The first kappa shape index (κ1) is 13.1. The number of hydrogen-bond acceptors (Lipinski definition) is 4. The average molecular weight is 275 g/mol. The van der Waals surface area contributed by atoms with Crippen molar-refractivity contribution in [3.8, 4) is 0 Å². The summed E-state index contributed by atoms with van der Waals surface area (Å²) < 4.78 is 5.40. The van der Waals surface area contributed by atoms with Crippen LogP contribution in [0, 0.1) is 0 Å². The number of fused-ring (bicyclic) bond motifs is 1. The molecule has 1 fully saturated rings. The Balaban J connectivity index is 1.60. The van der Waals surface area contributed by atoms with Crippen molar-refractivity contribution < 1.29 is 14.6 Å². The molecule has 0 saturated carbocycles. The number of carboxylic acid groups (broad SMARTS) is 1. The highest BCUT2D eigenvalue weighted by Crippen LogP contribution is 2.28. The Bertz CT molecular complexity index is 631.